The molecule has 0 amide bonds. The molecule has 1 aromatic rings. The van der Waals surface area contributed by atoms with Gasteiger partial charge in [-0.25, -0.2) is 0 Å². The van der Waals surface area contributed by atoms with Crippen molar-refractivity contribution in [1.82, 2.24) is 0 Å². The van der Waals surface area contributed by atoms with Gasteiger partial charge >= 0.3 is 0 Å². The molecule has 0 aromatic heterocycles. The monoisotopic (exact) mass is 241 g/mol. The summed E-state index contributed by atoms with van der Waals surface area (Å²) < 4.78 is 0. The predicted molar refractivity (Wildman–Crippen MR) is 61.9 cm³/mol. The number of ketones is 1. The summed E-state index contributed by atoms with van der Waals surface area (Å²) in [5.74, 6) is -0.132. The van der Waals surface area contributed by atoms with Crippen LogP contribution in [0.3, 0.4) is 0 Å². The Bertz CT molecular complexity index is 431. The smallest absolute Gasteiger partial charge is 0.269 e. The topological polar surface area (TPSA) is 60.2 Å². The van der Waals surface area contributed by atoms with Crippen molar-refractivity contribution < 1.29 is 9.72 Å². The molecule has 16 heavy (non-hydrogen) atoms. The van der Waals surface area contributed by atoms with E-state index in [2.05, 4.69) is 0 Å². The molecule has 5 heteroatoms. The number of nitro groups is 1. The summed E-state index contributed by atoms with van der Waals surface area (Å²) in [5.41, 5.74) is 1.66. The van der Waals surface area contributed by atoms with E-state index in [1.165, 1.54) is 19.1 Å². The standard InChI is InChI=1S/C11H12ClNO3/c1-7-3-4-10(13(15)16)5-9(7)6-11(12)8(2)14/h3-5,11H,6H2,1-2H3. The first kappa shape index (κ1) is 12.6. The minimum Gasteiger partial charge on any atom is -0.298 e. The van der Waals surface area contributed by atoms with E-state index in [9.17, 15) is 14.9 Å². The zero-order valence-corrected chi connectivity index (χ0v) is 9.82. The lowest BCUT2D eigenvalue weighted by Crippen LogP contribution is -2.14. The molecule has 0 bridgehead atoms. The van der Waals surface area contributed by atoms with Crippen LogP contribution in [0.25, 0.3) is 0 Å². The number of benzene rings is 1. The van der Waals surface area contributed by atoms with Gasteiger partial charge in [-0.15, -0.1) is 11.6 Å². The van der Waals surface area contributed by atoms with Gasteiger partial charge in [0.2, 0.25) is 0 Å². The summed E-state index contributed by atoms with van der Waals surface area (Å²) in [4.78, 5) is 21.1. The zero-order chi connectivity index (χ0) is 12.3. The second-order valence-corrected chi connectivity index (χ2v) is 4.18. The number of aryl methyl sites for hydroxylation is 1. The highest BCUT2D eigenvalue weighted by molar-refractivity contribution is 6.30. The van der Waals surface area contributed by atoms with Crippen molar-refractivity contribution in [1.29, 1.82) is 0 Å². The number of rotatable bonds is 4. The molecule has 1 unspecified atom stereocenters. The highest BCUT2D eigenvalue weighted by Crippen LogP contribution is 2.20. The fourth-order valence-corrected chi connectivity index (χ4v) is 1.49. The number of halogens is 1. The van der Waals surface area contributed by atoms with E-state index < -0.39 is 10.3 Å². The molecular weight excluding hydrogens is 230 g/mol. The Morgan fingerprint density at radius 2 is 2.19 bits per heavy atom. The number of non-ortho nitro benzene ring substituents is 1. The van der Waals surface area contributed by atoms with Gasteiger partial charge < -0.3 is 0 Å². The van der Waals surface area contributed by atoms with Crippen molar-refractivity contribution >= 4 is 23.1 Å². The number of Topliss-reactive ketones (excluding diaryl/α,β-unsaturated/α-hetero) is 1. The third-order valence-corrected chi connectivity index (χ3v) is 2.85. The minimum absolute atomic E-state index is 0.0213. The summed E-state index contributed by atoms with van der Waals surface area (Å²) in [6.45, 7) is 3.24. The van der Waals surface area contributed by atoms with Crippen LogP contribution in [-0.2, 0) is 11.2 Å². The highest BCUT2D eigenvalue weighted by atomic mass is 35.5. The molecule has 86 valence electrons. The van der Waals surface area contributed by atoms with Gasteiger partial charge in [-0.1, -0.05) is 6.07 Å². The van der Waals surface area contributed by atoms with E-state index in [-0.39, 0.29) is 11.5 Å². The van der Waals surface area contributed by atoms with Crippen LogP contribution in [0.2, 0.25) is 0 Å². The lowest BCUT2D eigenvalue weighted by Gasteiger charge is -2.08. The van der Waals surface area contributed by atoms with Crippen molar-refractivity contribution in [2.75, 3.05) is 0 Å². The Morgan fingerprint density at radius 3 is 2.69 bits per heavy atom. The molecule has 0 N–H and O–H groups in total. The van der Waals surface area contributed by atoms with Gasteiger partial charge in [0.15, 0.2) is 0 Å². The third kappa shape index (κ3) is 3.03. The van der Waals surface area contributed by atoms with Gasteiger partial charge in [-0.05, 0) is 31.4 Å². The van der Waals surface area contributed by atoms with Gasteiger partial charge in [0, 0.05) is 12.1 Å². The van der Waals surface area contributed by atoms with Crippen LogP contribution in [0.5, 0.6) is 0 Å². The first-order chi connectivity index (χ1) is 7.41. The summed E-state index contributed by atoms with van der Waals surface area (Å²) in [6.07, 6.45) is 0.324. The Hall–Kier alpha value is -1.42. The average Bonchev–Trinajstić information content (AvgIpc) is 2.20. The van der Waals surface area contributed by atoms with Crippen LogP contribution in [0.4, 0.5) is 5.69 Å². The Kier molecular flexibility index (Phi) is 4.01. The van der Waals surface area contributed by atoms with Crippen molar-refractivity contribution in [2.45, 2.75) is 25.6 Å². The predicted octanol–water partition coefficient (Wildman–Crippen LogP) is 2.64. The van der Waals surface area contributed by atoms with Crippen molar-refractivity contribution in [3.63, 3.8) is 0 Å². The van der Waals surface area contributed by atoms with E-state index in [0.717, 1.165) is 11.1 Å². The lowest BCUT2D eigenvalue weighted by atomic mass is 10.0. The van der Waals surface area contributed by atoms with Crippen LogP contribution in [0.15, 0.2) is 18.2 Å². The van der Waals surface area contributed by atoms with Crippen LogP contribution in [0.1, 0.15) is 18.1 Å². The highest BCUT2D eigenvalue weighted by Gasteiger charge is 2.15. The fourth-order valence-electron chi connectivity index (χ4n) is 1.33. The molecule has 0 heterocycles. The number of carbonyl (C=O) groups excluding carboxylic acids is 1. The first-order valence-electron chi connectivity index (χ1n) is 4.80. The molecular formula is C11H12ClNO3. The van der Waals surface area contributed by atoms with E-state index >= 15 is 0 Å². The van der Waals surface area contributed by atoms with E-state index in [1.807, 2.05) is 6.92 Å². The summed E-state index contributed by atoms with van der Waals surface area (Å²) in [7, 11) is 0. The number of hydrogen-bond acceptors (Lipinski definition) is 3. The number of hydrogen-bond donors (Lipinski definition) is 0. The molecule has 0 radical (unpaired) electrons. The summed E-state index contributed by atoms with van der Waals surface area (Å²) >= 11 is 5.83. The second kappa shape index (κ2) is 5.07. The van der Waals surface area contributed by atoms with Crippen molar-refractivity contribution in [2.24, 2.45) is 0 Å². The van der Waals surface area contributed by atoms with Crippen LogP contribution in [-0.4, -0.2) is 16.1 Å². The summed E-state index contributed by atoms with van der Waals surface area (Å²) in [6, 6.07) is 4.57. The minimum atomic E-state index is -0.624. The van der Waals surface area contributed by atoms with Gasteiger partial charge in [0.1, 0.15) is 5.78 Å². The molecule has 0 saturated carbocycles. The molecule has 0 fully saturated rings. The maximum absolute atomic E-state index is 11.0. The second-order valence-electron chi connectivity index (χ2n) is 3.65. The molecule has 0 aliphatic rings. The Balaban J connectivity index is 2.98. The molecule has 1 rings (SSSR count). The molecule has 0 saturated heterocycles. The van der Waals surface area contributed by atoms with Gasteiger partial charge in [-0.3, -0.25) is 14.9 Å². The number of alkyl halides is 1. The largest absolute Gasteiger partial charge is 0.298 e. The Labute approximate surface area is 98.4 Å². The lowest BCUT2D eigenvalue weighted by molar-refractivity contribution is -0.384. The van der Waals surface area contributed by atoms with Crippen LogP contribution < -0.4 is 0 Å². The molecule has 1 aromatic carbocycles. The Morgan fingerprint density at radius 1 is 1.56 bits per heavy atom. The van der Waals surface area contributed by atoms with E-state index in [1.54, 1.807) is 6.07 Å². The third-order valence-electron chi connectivity index (χ3n) is 2.38. The van der Waals surface area contributed by atoms with Crippen LogP contribution in [0, 0.1) is 17.0 Å². The van der Waals surface area contributed by atoms with Gasteiger partial charge in [-0.2, -0.15) is 0 Å². The van der Waals surface area contributed by atoms with Gasteiger partial charge in [0.25, 0.3) is 5.69 Å². The molecule has 0 aliphatic carbocycles. The van der Waals surface area contributed by atoms with Crippen LogP contribution >= 0.6 is 11.6 Å². The molecule has 4 nitrogen and oxygen atoms in total. The summed E-state index contributed by atoms with van der Waals surface area (Å²) in [5, 5.41) is 9.97. The van der Waals surface area contributed by atoms with E-state index in [4.69, 9.17) is 11.6 Å². The van der Waals surface area contributed by atoms with Crippen molar-refractivity contribution in [3.8, 4) is 0 Å². The molecule has 0 spiro atoms. The van der Waals surface area contributed by atoms with Gasteiger partial charge in [0.05, 0.1) is 10.3 Å². The first-order valence-corrected chi connectivity index (χ1v) is 5.24. The number of nitrogens with zero attached hydrogens (tertiary/aromatic N) is 1. The SMILES string of the molecule is CC(=O)C(Cl)Cc1cc([N+](=O)[O-])ccc1C. The van der Waals surface area contributed by atoms with Crippen molar-refractivity contribution in [3.05, 3.63) is 39.4 Å². The maximum Gasteiger partial charge on any atom is 0.269 e. The number of carbonyl (C=O) groups is 1. The molecule has 1 atom stereocenters. The maximum atomic E-state index is 11.0. The normalized spacial score (nSPS) is 12.2. The molecule has 0 aliphatic heterocycles. The average molecular weight is 242 g/mol. The number of nitro benzene ring substituents is 1. The quantitative estimate of drug-likeness (QED) is 0.463. The fraction of sp³-hybridized carbons (Fsp3) is 0.364. The van der Waals surface area contributed by atoms with E-state index in [0.29, 0.717) is 6.42 Å². The zero-order valence-electron chi connectivity index (χ0n) is 9.07.